The third kappa shape index (κ3) is 3.04. The summed E-state index contributed by atoms with van der Waals surface area (Å²) in [7, 11) is 0. The summed E-state index contributed by atoms with van der Waals surface area (Å²) in [6, 6.07) is -0.876. The molecule has 0 aliphatic rings. The van der Waals surface area contributed by atoms with Gasteiger partial charge in [0.2, 0.25) is 0 Å². The topological polar surface area (TPSA) is 108 Å². The van der Waals surface area contributed by atoms with Crippen LogP contribution in [0.1, 0.15) is 30.3 Å². The highest BCUT2D eigenvalue weighted by atomic mass is 16.4. The van der Waals surface area contributed by atoms with Crippen molar-refractivity contribution >= 4 is 11.9 Å². The third-order valence-corrected chi connectivity index (χ3v) is 1.83. The summed E-state index contributed by atoms with van der Waals surface area (Å²) in [6.45, 7) is 1.85. The van der Waals surface area contributed by atoms with Gasteiger partial charge in [0.15, 0.2) is 5.69 Å². The summed E-state index contributed by atoms with van der Waals surface area (Å²) >= 11 is 0. The molecule has 0 bridgehead atoms. The Hall–Kier alpha value is -1.92. The number of nitrogens with zero attached hydrogens (tertiary/aromatic N) is 2. The van der Waals surface area contributed by atoms with E-state index in [1.165, 1.54) is 6.20 Å². The zero-order valence-electron chi connectivity index (χ0n) is 8.23. The number of H-pyrrole nitrogens is 1. The zero-order valence-corrected chi connectivity index (χ0v) is 8.23. The molecule has 0 aromatic carbocycles. The molecule has 0 fully saturated rings. The molecule has 1 unspecified atom stereocenters. The molecule has 7 nitrogen and oxygen atoms in total. The van der Waals surface area contributed by atoms with Crippen LogP contribution in [0.5, 0.6) is 0 Å². The molecule has 3 N–H and O–H groups in total. The molecule has 0 aliphatic carbocycles. The predicted molar refractivity (Wildman–Crippen MR) is 50.2 cm³/mol. The van der Waals surface area contributed by atoms with Crippen LogP contribution < -0.4 is 5.32 Å². The number of carboxylic acids is 1. The Bertz CT molecular complexity index is 336. The van der Waals surface area contributed by atoms with Gasteiger partial charge in [0.1, 0.15) is 6.04 Å². The summed E-state index contributed by atoms with van der Waals surface area (Å²) in [5.74, 6) is -1.58. The van der Waals surface area contributed by atoms with Crippen LogP contribution in [-0.2, 0) is 4.79 Å². The molecule has 0 saturated heterocycles. The van der Waals surface area contributed by atoms with E-state index < -0.39 is 17.9 Å². The maximum Gasteiger partial charge on any atom is 0.326 e. The van der Waals surface area contributed by atoms with Gasteiger partial charge in [-0.2, -0.15) is 15.4 Å². The van der Waals surface area contributed by atoms with Crippen molar-refractivity contribution in [3.8, 4) is 0 Å². The van der Waals surface area contributed by atoms with Crippen molar-refractivity contribution in [3.05, 3.63) is 11.9 Å². The summed E-state index contributed by atoms with van der Waals surface area (Å²) in [5, 5.41) is 20.4. The van der Waals surface area contributed by atoms with E-state index in [0.29, 0.717) is 12.8 Å². The van der Waals surface area contributed by atoms with Gasteiger partial charge >= 0.3 is 5.97 Å². The highest BCUT2D eigenvalue weighted by Crippen LogP contribution is 1.98. The van der Waals surface area contributed by atoms with Crippen molar-refractivity contribution in [2.75, 3.05) is 0 Å². The number of carbonyl (C=O) groups excluding carboxylic acids is 1. The van der Waals surface area contributed by atoms with E-state index in [-0.39, 0.29) is 5.69 Å². The largest absolute Gasteiger partial charge is 0.480 e. The monoisotopic (exact) mass is 212 g/mol. The van der Waals surface area contributed by atoms with Gasteiger partial charge in [0.05, 0.1) is 6.20 Å². The highest BCUT2D eigenvalue weighted by Gasteiger charge is 2.20. The number of amides is 1. The minimum atomic E-state index is -1.05. The van der Waals surface area contributed by atoms with Gasteiger partial charge in [-0.15, -0.1) is 0 Å². The second-order valence-corrected chi connectivity index (χ2v) is 3.01. The lowest BCUT2D eigenvalue weighted by Gasteiger charge is -2.11. The van der Waals surface area contributed by atoms with E-state index in [0.717, 1.165) is 0 Å². The molecule has 1 rings (SSSR count). The number of aliphatic carboxylic acids is 1. The van der Waals surface area contributed by atoms with E-state index in [1.54, 1.807) is 0 Å². The van der Waals surface area contributed by atoms with Crippen LogP contribution in [-0.4, -0.2) is 38.4 Å². The molecule has 1 aromatic heterocycles. The molecular formula is C8H12N4O3. The maximum atomic E-state index is 11.4. The van der Waals surface area contributed by atoms with Crippen LogP contribution in [0.4, 0.5) is 0 Å². The fraction of sp³-hybridized carbons (Fsp3) is 0.500. The minimum Gasteiger partial charge on any atom is -0.480 e. The number of nitrogens with one attached hydrogen (secondary N) is 2. The van der Waals surface area contributed by atoms with Crippen LogP contribution in [0.3, 0.4) is 0 Å². The zero-order chi connectivity index (χ0) is 11.3. The Kier molecular flexibility index (Phi) is 3.78. The molecule has 15 heavy (non-hydrogen) atoms. The lowest BCUT2D eigenvalue weighted by molar-refractivity contribution is -0.139. The van der Waals surface area contributed by atoms with E-state index in [1.807, 2.05) is 6.92 Å². The Morgan fingerprint density at radius 3 is 2.87 bits per heavy atom. The van der Waals surface area contributed by atoms with Gasteiger partial charge < -0.3 is 10.4 Å². The number of hydrogen-bond donors (Lipinski definition) is 3. The molecule has 82 valence electrons. The number of carbonyl (C=O) groups is 2. The Balaban J connectivity index is 2.59. The maximum absolute atomic E-state index is 11.4. The van der Waals surface area contributed by atoms with Crippen molar-refractivity contribution < 1.29 is 14.7 Å². The molecule has 0 spiro atoms. The molecular weight excluding hydrogens is 200 g/mol. The summed E-state index contributed by atoms with van der Waals surface area (Å²) < 4.78 is 0. The van der Waals surface area contributed by atoms with Crippen molar-refractivity contribution in [3.63, 3.8) is 0 Å². The van der Waals surface area contributed by atoms with Crippen LogP contribution in [0.15, 0.2) is 6.20 Å². The molecule has 0 saturated carbocycles. The number of rotatable bonds is 5. The summed E-state index contributed by atoms with van der Waals surface area (Å²) in [6.07, 6.45) is 2.30. The normalized spacial score (nSPS) is 12.1. The van der Waals surface area contributed by atoms with Gasteiger partial charge in [-0.1, -0.05) is 13.3 Å². The average molecular weight is 212 g/mol. The van der Waals surface area contributed by atoms with Gasteiger partial charge in [0, 0.05) is 0 Å². The van der Waals surface area contributed by atoms with Crippen LogP contribution in [0.2, 0.25) is 0 Å². The van der Waals surface area contributed by atoms with E-state index in [9.17, 15) is 9.59 Å². The Morgan fingerprint density at radius 2 is 2.40 bits per heavy atom. The van der Waals surface area contributed by atoms with Gasteiger partial charge in [-0.25, -0.2) is 4.79 Å². The van der Waals surface area contributed by atoms with E-state index >= 15 is 0 Å². The van der Waals surface area contributed by atoms with Gasteiger partial charge in [-0.05, 0) is 6.42 Å². The highest BCUT2D eigenvalue weighted by molar-refractivity contribution is 5.94. The van der Waals surface area contributed by atoms with Crippen molar-refractivity contribution in [1.29, 1.82) is 0 Å². The first-order valence-corrected chi connectivity index (χ1v) is 4.54. The summed E-state index contributed by atoms with van der Waals surface area (Å²) in [4.78, 5) is 22.1. The molecule has 1 atom stereocenters. The summed E-state index contributed by atoms with van der Waals surface area (Å²) in [5.41, 5.74) is 0.0809. The first-order valence-electron chi connectivity index (χ1n) is 4.54. The van der Waals surface area contributed by atoms with Crippen LogP contribution in [0, 0.1) is 0 Å². The standard InChI is InChI=1S/C8H12N4O3/c1-2-3-5(8(14)15)10-7(13)6-4-9-12-11-6/h4-5H,2-3H2,1H3,(H,10,13)(H,14,15)(H,9,11,12). The van der Waals surface area contributed by atoms with E-state index in [2.05, 4.69) is 20.7 Å². The second kappa shape index (κ2) is 5.08. The molecule has 0 aliphatic heterocycles. The molecule has 1 amide bonds. The smallest absolute Gasteiger partial charge is 0.326 e. The molecule has 1 heterocycles. The Morgan fingerprint density at radius 1 is 1.67 bits per heavy atom. The predicted octanol–water partition coefficient (Wildman–Crippen LogP) is -0.212. The second-order valence-electron chi connectivity index (χ2n) is 3.01. The minimum absolute atomic E-state index is 0.0809. The van der Waals surface area contributed by atoms with Crippen LogP contribution >= 0.6 is 0 Å². The van der Waals surface area contributed by atoms with Gasteiger partial charge in [-0.3, -0.25) is 4.79 Å². The van der Waals surface area contributed by atoms with Crippen molar-refractivity contribution in [1.82, 2.24) is 20.7 Å². The number of hydrogen-bond acceptors (Lipinski definition) is 4. The lowest BCUT2D eigenvalue weighted by Crippen LogP contribution is -2.40. The SMILES string of the molecule is CCCC(NC(=O)c1cn[nH]n1)C(=O)O. The molecule has 1 aromatic rings. The number of aromatic nitrogens is 3. The average Bonchev–Trinajstić information content (AvgIpc) is 2.69. The fourth-order valence-electron chi connectivity index (χ4n) is 1.09. The molecule has 7 heteroatoms. The van der Waals surface area contributed by atoms with Crippen molar-refractivity contribution in [2.45, 2.75) is 25.8 Å². The van der Waals surface area contributed by atoms with Gasteiger partial charge in [0.25, 0.3) is 5.91 Å². The lowest BCUT2D eigenvalue weighted by atomic mass is 10.1. The Labute approximate surface area is 85.9 Å². The molecule has 0 radical (unpaired) electrons. The van der Waals surface area contributed by atoms with Crippen LogP contribution in [0.25, 0.3) is 0 Å². The van der Waals surface area contributed by atoms with E-state index in [4.69, 9.17) is 5.11 Å². The fourth-order valence-corrected chi connectivity index (χ4v) is 1.09. The first kappa shape index (κ1) is 11.2. The number of carboxylic acid groups (broad SMARTS) is 1. The van der Waals surface area contributed by atoms with Crippen molar-refractivity contribution in [2.24, 2.45) is 0 Å². The number of aromatic amines is 1. The quantitative estimate of drug-likeness (QED) is 0.625. The first-order chi connectivity index (χ1) is 7.15. The third-order valence-electron chi connectivity index (χ3n) is 1.83.